The molecule has 2 N–H and O–H groups in total. The Bertz CT molecular complexity index is 1720. The number of aromatic amines is 1. The van der Waals surface area contributed by atoms with Gasteiger partial charge >= 0.3 is 0 Å². The van der Waals surface area contributed by atoms with E-state index in [2.05, 4.69) is 20.3 Å². The van der Waals surface area contributed by atoms with Crippen LogP contribution >= 0.6 is 0 Å². The quantitative estimate of drug-likeness (QED) is 0.364. The smallest absolute Gasteiger partial charge is 0.271 e. The molecule has 3 aromatic heterocycles. The number of aromatic nitrogens is 4. The van der Waals surface area contributed by atoms with E-state index in [4.69, 9.17) is 0 Å². The second-order valence-corrected chi connectivity index (χ2v) is 10.7. The molecule has 8 nitrogen and oxygen atoms in total. The summed E-state index contributed by atoms with van der Waals surface area (Å²) in [5.74, 6) is 0.345. The van der Waals surface area contributed by atoms with Gasteiger partial charge in [0.05, 0.1) is 4.90 Å². The summed E-state index contributed by atoms with van der Waals surface area (Å²) >= 11 is 0. The van der Waals surface area contributed by atoms with Crippen molar-refractivity contribution < 1.29 is 8.42 Å². The van der Waals surface area contributed by atoms with Crippen LogP contribution in [0.5, 0.6) is 0 Å². The first-order chi connectivity index (χ1) is 17.0. The van der Waals surface area contributed by atoms with Crippen molar-refractivity contribution in [3.8, 4) is 0 Å². The minimum Gasteiger partial charge on any atom is -0.361 e. The van der Waals surface area contributed by atoms with Crippen LogP contribution in [0, 0.1) is 0 Å². The molecule has 0 bridgehead atoms. The second kappa shape index (κ2) is 8.35. The minimum absolute atomic E-state index is 0.0915. The fourth-order valence-corrected chi connectivity index (χ4v) is 6.22. The normalized spacial score (nSPS) is 14.6. The first kappa shape index (κ1) is 21.5. The molecule has 0 radical (unpaired) electrons. The van der Waals surface area contributed by atoms with E-state index in [0.29, 0.717) is 17.0 Å². The van der Waals surface area contributed by atoms with E-state index in [1.807, 2.05) is 30.5 Å². The van der Waals surface area contributed by atoms with Crippen molar-refractivity contribution in [2.75, 3.05) is 5.32 Å². The topological polar surface area (TPSA) is 110 Å². The SMILES string of the molecule is O=c1c(S(=O)(=O)c2ccccc2)cc2cnc(Nc3ccc4[nH]ccc4c3)nc2n1C1CCCC1. The first-order valence-electron chi connectivity index (χ1n) is 11.6. The lowest BCUT2D eigenvalue weighted by Gasteiger charge is -2.18. The van der Waals surface area contributed by atoms with E-state index in [9.17, 15) is 13.2 Å². The Morgan fingerprint density at radius 3 is 2.57 bits per heavy atom. The lowest BCUT2D eigenvalue weighted by atomic mass is 10.2. The lowest BCUT2D eigenvalue weighted by molar-refractivity contribution is 0.508. The summed E-state index contributed by atoms with van der Waals surface area (Å²) in [6, 6.07) is 17.2. The molecular formula is C26H23N5O3S. The van der Waals surface area contributed by atoms with Crippen LogP contribution in [0.3, 0.4) is 0 Å². The number of hydrogen-bond donors (Lipinski definition) is 2. The number of anilines is 2. The third-order valence-corrected chi connectivity index (χ3v) is 8.35. The molecule has 0 saturated heterocycles. The van der Waals surface area contributed by atoms with Gasteiger partial charge in [0, 0.05) is 40.4 Å². The van der Waals surface area contributed by atoms with E-state index < -0.39 is 15.4 Å². The average Bonchev–Trinajstić information content (AvgIpc) is 3.56. The van der Waals surface area contributed by atoms with Crippen LogP contribution in [0.15, 0.2) is 87.6 Å². The van der Waals surface area contributed by atoms with Gasteiger partial charge in [-0.2, -0.15) is 4.98 Å². The molecule has 6 rings (SSSR count). The molecule has 0 amide bonds. The Morgan fingerprint density at radius 2 is 1.77 bits per heavy atom. The zero-order valence-corrected chi connectivity index (χ0v) is 19.6. The number of pyridine rings is 1. The van der Waals surface area contributed by atoms with Crippen molar-refractivity contribution in [2.45, 2.75) is 41.5 Å². The Balaban J connectivity index is 1.50. The van der Waals surface area contributed by atoms with Crippen molar-refractivity contribution >= 4 is 43.4 Å². The van der Waals surface area contributed by atoms with Gasteiger partial charge in [-0.25, -0.2) is 13.4 Å². The van der Waals surface area contributed by atoms with Gasteiger partial charge in [0.15, 0.2) is 0 Å². The van der Waals surface area contributed by atoms with Gasteiger partial charge in [-0.15, -0.1) is 0 Å². The maximum Gasteiger partial charge on any atom is 0.271 e. The molecule has 1 saturated carbocycles. The molecule has 1 aliphatic carbocycles. The average molecular weight is 486 g/mol. The van der Waals surface area contributed by atoms with Crippen molar-refractivity contribution in [3.05, 3.63) is 83.4 Å². The molecule has 2 aromatic carbocycles. The van der Waals surface area contributed by atoms with Crippen LogP contribution in [0.1, 0.15) is 31.7 Å². The number of sulfone groups is 1. The van der Waals surface area contributed by atoms with Crippen LogP contribution in [0.4, 0.5) is 11.6 Å². The summed E-state index contributed by atoms with van der Waals surface area (Å²) in [4.78, 5) is 25.8. The van der Waals surface area contributed by atoms with Gasteiger partial charge in [-0.3, -0.25) is 9.36 Å². The molecule has 9 heteroatoms. The number of nitrogens with zero attached hydrogens (tertiary/aromatic N) is 3. The van der Waals surface area contributed by atoms with Gasteiger partial charge in [0.1, 0.15) is 10.5 Å². The molecular weight excluding hydrogens is 462 g/mol. The van der Waals surface area contributed by atoms with Crippen LogP contribution in [0.2, 0.25) is 0 Å². The Kier molecular flexibility index (Phi) is 5.14. The molecule has 1 aliphatic rings. The van der Waals surface area contributed by atoms with E-state index in [0.717, 1.165) is 42.3 Å². The maximum absolute atomic E-state index is 13.7. The number of rotatable bonds is 5. The third kappa shape index (κ3) is 3.77. The van der Waals surface area contributed by atoms with Crippen molar-refractivity contribution in [3.63, 3.8) is 0 Å². The van der Waals surface area contributed by atoms with E-state index >= 15 is 0 Å². The zero-order chi connectivity index (χ0) is 24.0. The molecule has 0 atom stereocenters. The monoisotopic (exact) mass is 485 g/mol. The number of benzene rings is 2. The van der Waals surface area contributed by atoms with Gasteiger partial charge in [-0.1, -0.05) is 31.0 Å². The van der Waals surface area contributed by atoms with Crippen LogP contribution < -0.4 is 10.9 Å². The second-order valence-electron chi connectivity index (χ2n) is 8.82. The summed E-state index contributed by atoms with van der Waals surface area (Å²) in [6.07, 6.45) is 7.04. The van der Waals surface area contributed by atoms with Crippen molar-refractivity contribution in [1.82, 2.24) is 19.5 Å². The number of fused-ring (bicyclic) bond motifs is 2. The maximum atomic E-state index is 13.7. The molecule has 0 unspecified atom stereocenters. The Hall–Kier alpha value is -3.98. The summed E-state index contributed by atoms with van der Waals surface area (Å²) in [7, 11) is -3.99. The van der Waals surface area contributed by atoms with Gasteiger partial charge < -0.3 is 10.3 Å². The summed E-state index contributed by atoms with van der Waals surface area (Å²) in [5, 5.41) is 4.78. The fourth-order valence-electron chi connectivity index (χ4n) is 4.84. The molecule has 0 spiro atoms. The predicted molar refractivity (Wildman–Crippen MR) is 135 cm³/mol. The van der Waals surface area contributed by atoms with Crippen LogP contribution in [-0.4, -0.2) is 27.9 Å². The molecule has 3 heterocycles. The Labute approximate surface area is 201 Å². The summed E-state index contributed by atoms with van der Waals surface area (Å²) < 4.78 is 28.3. The van der Waals surface area contributed by atoms with E-state index in [1.54, 1.807) is 29.0 Å². The third-order valence-electron chi connectivity index (χ3n) is 6.58. The molecule has 1 fully saturated rings. The zero-order valence-electron chi connectivity index (χ0n) is 18.8. The van der Waals surface area contributed by atoms with Crippen molar-refractivity contribution in [1.29, 1.82) is 0 Å². The van der Waals surface area contributed by atoms with Gasteiger partial charge in [0.2, 0.25) is 15.8 Å². The van der Waals surface area contributed by atoms with Gasteiger partial charge in [-0.05, 0) is 55.3 Å². The van der Waals surface area contributed by atoms with Crippen molar-refractivity contribution in [2.24, 2.45) is 0 Å². The highest BCUT2D eigenvalue weighted by atomic mass is 32.2. The summed E-state index contributed by atoms with van der Waals surface area (Å²) in [6.45, 7) is 0. The first-order valence-corrected chi connectivity index (χ1v) is 13.1. The number of hydrogen-bond acceptors (Lipinski definition) is 6. The van der Waals surface area contributed by atoms with E-state index in [-0.39, 0.29) is 15.8 Å². The molecule has 5 aromatic rings. The Morgan fingerprint density at radius 1 is 0.971 bits per heavy atom. The number of H-pyrrole nitrogens is 1. The highest BCUT2D eigenvalue weighted by molar-refractivity contribution is 7.91. The molecule has 35 heavy (non-hydrogen) atoms. The highest BCUT2D eigenvalue weighted by Crippen LogP contribution is 2.32. The van der Waals surface area contributed by atoms with Crippen LogP contribution in [0.25, 0.3) is 21.9 Å². The fraction of sp³-hybridized carbons (Fsp3) is 0.192. The standard InChI is InChI=1S/C26H23N5O3S/c32-25-23(35(33,34)21-8-2-1-3-9-21)15-18-16-28-26(30-24(18)31(25)20-6-4-5-7-20)29-19-10-11-22-17(14-19)12-13-27-22/h1-3,8-16,20,27H,4-7H2,(H,28,29,30). The summed E-state index contributed by atoms with van der Waals surface area (Å²) in [5.41, 5.74) is 1.74. The predicted octanol–water partition coefficient (Wildman–Crippen LogP) is 4.96. The van der Waals surface area contributed by atoms with Crippen LogP contribution in [-0.2, 0) is 9.84 Å². The van der Waals surface area contributed by atoms with E-state index in [1.165, 1.54) is 18.2 Å². The number of nitrogens with one attached hydrogen (secondary N) is 2. The largest absolute Gasteiger partial charge is 0.361 e. The lowest BCUT2D eigenvalue weighted by Crippen LogP contribution is -2.29. The highest BCUT2D eigenvalue weighted by Gasteiger charge is 2.28. The minimum atomic E-state index is -3.99. The van der Waals surface area contributed by atoms with Gasteiger partial charge in [0.25, 0.3) is 5.56 Å². The molecule has 0 aliphatic heterocycles. The molecule has 176 valence electrons.